The van der Waals surface area contributed by atoms with Crippen molar-refractivity contribution in [2.75, 3.05) is 18.0 Å². The minimum Gasteiger partial charge on any atom is -0.478 e. The number of hydrogen-bond acceptors (Lipinski definition) is 4. The van der Waals surface area contributed by atoms with Crippen molar-refractivity contribution in [3.8, 4) is 0 Å². The normalized spacial score (nSPS) is 16.4. The summed E-state index contributed by atoms with van der Waals surface area (Å²) in [6, 6.07) is 4.19. The Bertz CT molecular complexity index is 475. The molecular weight excluding hydrogens is 248 g/mol. The summed E-state index contributed by atoms with van der Waals surface area (Å²) >= 11 is 0. The number of rotatable bonds is 3. The van der Waals surface area contributed by atoms with E-state index in [1.807, 2.05) is 4.90 Å². The summed E-state index contributed by atoms with van der Waals surface area (Å²) in [6.45, 7) is 3.45. The van der Waals surface area contributed by atoms with E-state index >= 15 is 0 Å². The topological polar surface area (TPSA) is 83.7 Å². The van der Waals surface area contributed by atoms with Crippen LogP contribution in [0.25, 0.3) is 0 Å². The molecule has 19 heavy (non-hydrogen) atoms. The Labute approximate surface area is 110 Å². The molecule has 0 saturated carbocycles. The maximum absolute atomic E-state index is 11.3. The van der Waals surface area contributed by atoms with Gasteiger partial charge in [0.05, 0.1) is 10.5 Å². The first-order chi connectivity index (χ1) is 9.00. The van der Waals surface area contributed by atoms with Crippen LogP contribution in [0.5, 0.6) is 0 Å². The molecule has 2 rings (SSSR count). The smallest absolute Gasteiger partial charge is 0.338 e. The third-order valence-corrected chi connectivity index (χ3v) is 3.54. The van der Waals surface area contributed by atoms with Crippen LogP contribution in [0.2, 0.25) is 0 Å². The number of hydrogen-bond donors (Lipinski definition) is 1. The number of piperidine rings is 1. The number of nitro groups is 1. The van der Waals surface area contributed by atoms with E-state index in [0.717, 1.165) is 12.8 Å². The van der Waals surface area contributed by atoms with Gasteiger partial charge in [0.25, 0.3) is 5.69 Å². The van der Waals surface area contributed by atoms with Gasteiger partial charge in [-0.2, -0.15) is 0 Å². The summed E-state index contributed by atoms with van der Waals surface area (Å²) in [5.41, 5.74) is 0.116. The highest BCUT2D eigenvalue weighted by molar-refractivity contribution is 5.97. The average molecular weight is 264 g/mol. The van der Waals surface area contributed by atoms with Crippen LogP contribution in [0.3, 0.4) is 0 Å². The first-order valence-corrected chi connectivity index (χ1v) is 6.26. The molecule has 1 N–H and O–H groups in total. The Morgan fingerprint density at radius 1 is 1.42 bits per heavy atom. The lowest BCUT2D eigenvalue weighted by atomic mass is 9.97. The molecule has 1 aliphatic rings. The van der Waals surface area contributed by atoms with Crippen molar-refractivity contribution in [3.63, 3.8) is 0 Å². The van der Waals surface area contributed by atoms with Crippen molar-refractivity contribution in [2.45, 2.75) is 19.8 Å². The van der Waals surface area contributed by atoms with Crippen LogP contribution >= 0.6 is 0 Å². The van der Waals surface area contributed by atoms with Crippen molar-refractivity contribution >= 4 is 17.3 Å². The Kier molecular flexibility index (Phi) is 3.69. The molecule has 0 aromatic heterocycles. The van der Waals surface area contributed by atoms with Gasteiger partial charge in [-0.15, -0.1) is 0 Å². The van der Waals surface area contributed by atoms with E-state index in [1.165, 1.54) is 18.2 Å². The zero-order valence-electron chi connectivity index (χ0n) is 10.7. The molecule has 0 atom stereocenters. The summed E-state index contributed by atoms with van der Waals surface area (Å²) in [5, 5.41) is 20.3. The van der Waals surface area contributed by atoms with E-state index in [9.17, 15) is 20.0 Å². The van der Waals surface area contributed by atoms with Gasteiger partial charge in [0.15, 0.2) is 0 Å². The van der Waals surface area contributed by atoms with E-state index in [1.54, 1.807) is 0 Å². The molecule has 1 heterocycles. The lowest BCUT2D eigenvalue weighted by Gasteiger charge is -2.32. The zero-order valence-corrected chi connectivity index (χ0v) is 10.7. The lowest BCUT2D eigenvalue weighted by Crippen LogP contribution is -2.34. The lowest BCUT2D eigenvalue weighted by molar-refractivity contribution is -0.384. The highest BCUT2D eigenvalue weighted by Gasteiger charge is 2.28. The third kappa shape index (κ3) is 2.67. The van der Waals surface area contributed by atoms with Crippen LogP contribution in [0.1, 0.15) is 30.1 Å². The molecule has 102 valence electrons. The van der Waals surface area contributed by atoms with Crippen molar-refractivity contribution in [2.24, 2.45) is 5.92 Å². The molecule has 0 spiro atoms. The van der Waals surface area contributed by atoms with Crippen LogP contribution in [0, 0.1) is 16.0 Å². The number of carbonyl (C=O) groups is 1. The fourth-order valence-corrected chi connectivity index (χ4v) is 2.42. The molecule has 0 radical (unpaired) electrons. The number of nitrogens with zero attached hydrogens (tertiary/aromatic N) is 2. The Morgan fingerprint density at radius 2 is 2.05 bits per heavy atom. The van der Waals surface area contributed by atoms with E-state index in [-0.39, 0.29) is 16.9 Å². The Hall–Kier alpha value is -2.11. The van der Waals surface area contributed by atoms with Gasteiger partial charge in [0.1, 0.15) is 5.69 Å². The second kappa shape index (κ2) is 5.26. The minimum absolute atomic E-state index is 0.00348. The molecule has 1 aliphatic heterocycles. The Balaban J connectivity index is 2.46. The second-order valence-electron chi connectivity index (χ2n) is 4.91. The van der Waals surface area contributed by atoms with E-state index in [4.69, 9.17) is 0 Å². The highest BCUT2D eigenvalue weighted by atomic mass is 16.6. The fourth-order valence-electron chi connectivity index (χ4n) is 2.42. The third-order valence-electron chi connectivity index (χ3n) is 3.54. The van der Waals surface area contributed by atoms with Gasteiger partial charge in [-0.05, 0) is 24.8 Å². The molecule has 0 aliphatic carbocycles. The number of para-hydroxylation sites is 1. The predicted octanol–water partition coefficient (Wildman–Crippen LogP) is 2.53. The van der Waals surface area contributed by atoms with Gasteiger partial charge in [-0.25, -0.2) is 4.79 Å². The van der Waals surface area contributed by atoms with Crippen LogP contribution in [0.15, 0.2) is 18.2 Å². The molecule has 0 amide bonds. The SMILES string of the molecule is CC1CCN(c2c(C(=O)O)cccc2[N+](=O)[O-])CC1. The largest absolute Gasteiger partial charge is 0.478 e. The molecular formula is C13H16N2O4. The van der Waals surface area contributed by atoms with Crippen molar-refractivity contribution < 1.29 is 14.8 Å². The maximum Gasteiger partial charge on any atom is 0.338 e. The number of carboxylic acid groups (broad SMARTS) is 1. The quantitative estimate of drug-likeness (QED) is 0.670. The molecule has 1 aromatic rings. The molecule has 0 bridgehead atoms. The molecule has 6 heteroatoms. The van der Waals surface area contributed by atoms with Crippen molar-refractivity contribution in [1.29, 1.82) is 0 Å². The summed E-state index contributed by atoms with van der Waals surface area (Å²) < 4.78 is 0. The summed E-state index contributed by atoms with van der Waals surface area (Å²) in [7, 11) is 0. The molecule has 0 unspecified atom stereocenters. The van der Waals surface area contributed by atoms with Crippen LogP contribution in [0.4, 0.5) is 11.4 Å². The fraction of sp³-hybridized carbons (Fsp3) is 0.462. The Morgan fingerprint density at radius 3 is 2.58 bits per heavy atom. The van der Waals surface area contributed by atoms with E-state index < -0.39 is 10.9 Å². The standard InChI is InChI=1S/C13H16N2O4/c1-9-5-7-14(8-6-9)12-10(13(16)17)3-2-4-11(12)15(18)19/h2-4,9H,5-8H2,1H3,(H,16,17). The second-order valence-corrected chi connectivity index (χ2v) is 4.91. The van der Waals surface area contributed by atoms with Crippen LogP contribution < -0.4 is 4.90 Å². The number of anilines is 1. The average Bonchev–Trinajstić information content (AvgIpc) is 2.38. The minimum atomic E-state index is -1.13. The van der Waals surface area contributed by atoms with E-state index in [0.29, 0.717) is 19.0 Å². The monoisotopic (exact) mass is 264 g/mol. The summed E-state index contributed by atoms with van der Waals surface area (Å²) in [6.07, 6.45) is 1.84. The van der Waals surface area contributed by atoms with Crippen molar-refractivity contribution in [3.05, 3.63) is 33.9 Å². The highest BCUT2D eigenvalue weighted by Crippen LogP contribution is 2.34. The zero-order chi connectivity index (χ0) is 14.0. The number of carboxylic acids is 1. The number of aromatic carboxylic acids is 1. The molecule has 1 fully saturated rings. The van der Waals surface area contributed by atoms with Gasteiger partial charge in [0, 0.05) is 19.2 Å². The molecule has 1 aromatic carbocycles. The van der Waals surface area contributed by atoms with Gasteiger partial charge >= 0.3 is 5.97 Å². The van der Waals surface area contributed by atoms with Gasteiger partial charge in [-0.1, -0.05) is 13.0 Å². The van der Waals surface area contributed by atoms with Gasteiger partial charge < -0.3 is 10.0 Å². The van der Waals surface area contributed by atoms with Gasteiger partial charge in [-0.3, -0.25) is 10.1 Å². The summed E-state index contributed by atoms with van der Waals surface area (Å²) in [4.78, 5) is 23.7. The molecule has 6 nitrogen and oxygen atoms in total. The van der Waals surface area contributed by atoms with Crippen molar-refractivity contribution in [1.82, 2.24) is 0 Å². The van der Waals surface area contributed by atoms with Gasteiger partial charge in [0.2, 0.25) is 0 Å². The number of benzene rings is 1. The predicted molar refractivity (Wildman–Crippen MR) is 70.7 cm³/mol. The summed E-state index contributed by atoms with van der Waals surface area (Å²) in [5.74, 6) is -0.551. The van der Waals surface area contributed by atoms with E-state index in [2.05, 4.69) is 6.92 Å². The molecule has 1 saturated heterocycles. The first kappa shape index (κ1) is 13.3. The van der Waals surface area contributed by atoms with Crippen LogP contribution in [-0.4, -0.2) is 29.1 Å². The van der Waals surface area contributed by atoms with Crippen LogP contribution in [-0.2, 0) is 0 Å². The first-order valence-electron chi connectivity index (χ1n) is 6.26. The number of nitro benzene ring substituents is 1. The maximum atomic E-state index is 11.3.